The molecule has 1 N–H and O–H groups in total. The van der Waals surface area contributed by atoms with Crippen LogP contribution in [0.4, 0.5) is 0 Å². The van der Waals surface area contributed by atoms with Gasteiger partial charge >= 0.3 is 5.97 Å². The maximum absolute atomic E-state index is 12.0. The number of piperidine rings is 1. The number of likely N-dealkylation sites (tertiary alicyclic amines) is 1. The summed E-state index contributed by atoms with van der Waals surface area (Å²) in [6.07, 6.45) is 2.05. The van der Waals surface area contributed by atoms with Crippen LogP contribution < -0.4 is 0 Å². The number of hydrogen-bond donors (Lipinski definition) is 1. The van der Waals surface area contributed by atoms with Crippen molar-refractivity contribution in [3.8, 4) is 0 Å². The maximum atomic E-state index is 12.0. The van der Waals surface area contributed by atoms with Gasteiger partial charge in [0, 0.05) is 25.9 Å². The predicted octanol–water partition coefficient (Wildman–Crippen LogP) is 0.634. The van der Waals surface area contributed by atoms with Gasteiger partial charge in [-0.3, -0.25) is 9.59 Å². The van der Waals surface area contributed by atoms with Crippen LogP contribution in [0.5, 0.6) is 0 Å². The molecule has 1 aromatic rings. The number of rotatable bonds is 4. The molecular formula is C12H17N3O4. The van der Waals surface area contributed by atoms with E-state index >= 15 is 0 Å². The highest BCUT2D eigenvalue weighted by molar-refractivity contribution is 5.78. The first-order valence-electron chi connectivity index (χ1n) is 6.36. The molecule has 1 amide bonds. The molecule has 104 valence electrons. The Morgan fingerprint density at radius 1 is 1.53 bits per heavy atom. The number of carbonyl (C=O) groups is 2. The third kappa shape index (κ3) is 3.52. The van der Waals surface area contributed by atoms with Gasteiger partial charge in [0.05, 0.1) is 5.92 Å². The summed E-state index contributed by atoms with van der Waals surface area (Å²) in [6, 6.07) is 0. The molecule has 0 radical (unpaired) electrons. The van der Waals surface area contributed by atoms with Crippen LogP contribution in [-0.2, 0) is 16.0 Å². The fraction of sp³-hybridized carbons (Fsp3) is 0.667. The number of nitrogens with zero attached hydrogens (tertiary/aromatic N) is 3. The lowest BCUT2D eigenvalue weighted by Gasteiger charge is -2.30. The zero-order chi connectivity index (χ0) is 13.8. The molecule has 7 nitrogen and oxygen atoms in total. The van der Waals surface area contributed by atoms with Gasteiger partial charge in [-0.05, 0) is 19.8 Å². The van der Waals surface area contributed by atoms with Gasteiger partial charge in [0.15, 0.2) is 5.82 Å². The van der Waals surface area contributed by atoms with Gasteiger partial charge in [-0.25, -0.2) is 0 Å². The van der Waals surface area contributed by atoms with Gasteiger partial charge in [-0.15, -0.1) is 0 Å². The van der Waals surface area contributed by atoms with Crippen molar-refractivity contribution in [2.24, 2.45) is 5.92 Å². The van der Waals surface area contributed by atoms with Crippen molar-refractivity contribution in [3.63, 3.8) is 0 Å². The smallest absolute Gasteiger partial charge is 0.308 e. The van der Waals surface area contributed by atoms with Crippen LogP contribution in [0.2, 0.25) is 0 Å². The maximum Gasteiger partial charge on any atom is 0.308 e. The van der Waals surface area contributed by atoms with E-state index in [2.05, 4.69) is 10.1 Å². The number of aromatic nitrogens is 2. The molecule has 1 atom stereocenters. The molecule has 2 rings (SSSR count). The lowest BCUT2D eigenvalue weighted by molar-refractivity contribution is -0.145. The average molecular weight is 267 g/mol. The minimum absolute atomic E-state index is 0.0539. The second-order valence-corrected chi connectivity index (χ2v) is 4.75. The van der Waals surface area contributed by atoms with E-state index in [0.717, 1.165) is 6.42 Å². The summed E-state index contributed by atoms with van der Waals surface area (Å²) in [5.41, 5.74) is 0. The Labute approximate surface area is 110 Å². The van der Waals surface area contributed by atoms with Crippen molar-refractivity contribution >= 4 is 11.9 Å². The largest absolute Gasteiger partial charge is 0.481 e. The zero-order valence-corrected chi connectivity index (χ0v) is 10.8. The minimum Gasteiger partial charge on any atom is -0.481 e. The number of carboxylic acids is 1. The summed E-state index contributed by atoms with van der Waals surface area (Å²) in [4.78, 5) is 28.6. The van der Waals surface area contributed by atoms with Crippen LogP contribution in [0.25, 0.3) is 0 Å². The summed E-state index contributed by atoms with van der Waals surface area (Å²) in [7, 11) is 0. The first kappa shape index (κ1) is 13.5. The predicted molar refractivity (Wildman–Crippen MR) is 64.3 cm³/mol. The normalized spacial score (nSPS) is 19.4. The van der Waals surface area contributed by atoms with Crippen molar-refractivity contribution in [1.29, 1.82) is 0 Å². The van der Waals surface area contributed by atoms with Gasteiger partial charge in [0.2, 0.25) is 11.8 Å². The Morgan fingerprint density at radius 3 is 2.95 bits per heavy atom. The van der Waals surface area contributed by atoms with Crippen LogP contribution in [0.1, 0.15) is 31.0 Å². The summed E-state index contributed by atoms with van der Waals surface area (Å²) < 4.78 is 4.94. The van der Waals surface area contributed by atoms with E-state index in [0.29, 0.717) is 37.6 Å². The second-order valence-electron chi connectivity index (χ2n) is 4.75. The molecular weight excluding hydrogens is 250 g/mol. The molecule has 1 aliphatic rings. The topological polar surface area (TPSA) is 96.5 Å². The monoisotopic (exact) mass is 267 g/mol. The molecule has 0 aliphatic carbocycles. The van der Waals surface area contributed by atoms with Gasteiger partial charge in [-0.1, -0.05) is 5.16 Å². The minimum atomic E-state index is -0.829. The molecule has 1 aromatic heterocycles. The Morgan fingerprint density at radius 2 is 2.32 bits per heavy atom. The molecule has 1 saturated heterocycles. The zero-order valence-electron chi connectivity index (χ0n) is 10.8. The lowest BCUT2D eigenvalue weighted by Crippen LogP contribution is -2.42. The van der Waals surface area contributed by atoms with Crippen LogP contribution in [0.15, 0.2) is 4.52 Å². The average Bonchev–Trinajstić information content (AvgIpc) is 2.82. The fourth-order valence-corrected chi connectivity index (χ4v) is 2.22. The summed E-state index contributed by atoms with van der Waals surface area (Å²) in [6.45, 7) is 2.65. The van der Waals surface area contributed by atoms with E-state index in [1.807, 2.05) is 0 Å². The Bertz CT molecular complexity index is 471. The quantitative estimate of drug-likeness (QED) is 0.859. The Kier molecular flexibility index (Phi) is 4.13. The standard InChI is InChI=1S/C12H17N3O4/c1-8-13-10(19-14-8)4-5-11(16)15-6-2-3-9(7-15)12(17)18/h9H,2-7H2,1H3,(H,17,18)/t9-/m0/s1. The third-order valence-electron chi connectivity index (χ3n) is 3.25. The van der Waals surface area contributed by atoms with Crippen LogP contribution in [0, 0.1) is 12.8 Å². The summed E-state index contributed by atoms with van der Waals surface area (Å²) >= 11 is 0. The first-order chi connectivity index (χ1) is 9.06. The van der Waals surface area contributed by atoms with Crippen LogP contribution in [-0.4, -0.2) is 45.1 Å². The molecule has 0 unspecified atom stereocenters. The van der Waals surface area contributed by atoms with E-state index in [4.69, 9.17) is 9.63 Å². The van der Waals surface area contributed by atoms with Gasteiger partial charge in [-0.2, -0.15) is 4.98 Å². The molecule has 0 spiro atoms. The van der Waals surface area contributed by atoms with Crippen LogP contribution >= 0.6 is 0 Å². The molecule has 2 heterocycles. The van der Waals surface area contributed by atoms with Gasteiger partial charge in [0.1, 0.15) is 0 Å². The number of carbonyl (C=O) groups excluding carboxylic acids is 1. The summed E-state index contributed by atoms with van der Waals surface area (Å²) in [5, 5.41) is 12.6. The van der Waals surface area contributed by atoms with Crippen molar-refractivity contribution < 1.29 is 19.2 Å². The molecule has 0 saturated carbocycles. The molecule has 1 aliphatic heterocycles. The van der Waals surface area contributed by atoms with Crippen LogP contribution in [0.3, 0.4) is 0 Å². The number of aliphatic carboxylic acids is 1. The first-order valence-corrected chi connectivity index (χ1v) is 6.36. The molecule has 19 heavy (non-hydrogen) atoms. The molecule has 1 fully saturated rings. The Balaban J connectivity index is 1.84. The number of hydrogen-bond acceptors (Lipinski definition) is 5. The van der Waals surface area contributed by atoms with Gasteiger partial charge in [0.25, 0.3) is 0 Å². The third-order valence-corrected chi connectivity index (χ3v) is 3.25. The number of carboxylic acid groups (broad SMARTS) is 1. The highest BCUT2D eigenvalue weighted by atomic mass is 16.5. The van der Waals surface area contributed by atoms with Crippen molar-refractivity contribution in [1.82, 2.24) is 15.0 Å². The number of aryl methyl sites for hydroxylation is 2. The van der Waals surface area contributed by atoms with E-state index < -0.39 is 11.9 Å². The molecule has 7 heteroatoms. The molecule has 0 aromatic carbocycles. The second kappa shape index (κ2) is 5.81. The van der Waals surface area contributed by atoms with Crippen molar-refractivity contribution in [2.75, 3.05) is 13.1 Å². The van der Waals surface area contributed by atoms with E-state index in [-0.39, 0.29) is 12.3 Å². The van der Waals surface area contributed by atoms with Crippen molar-refractivity contribution in [2.45, 2.75) is 32.6 Å². The van der Waals surface area contributed by atoms with E-state index in [1.54, 1.807) is 11.8 Å². The van der Waals surface area contributed by atoms with Crippen molar-refractivity contribution in [3.05, 3.63) is 11.7 Å². The highest BCUT2D eigenvalue weighted by Gasteiger charge is 2.27. The SMILES string of the molecule is Cc1noc(CCC(=O)N2CCC[C@H](C(=O)O)C2)n1. The van der Waals surface area contributed by atoms with E-state index in [1.165, 1.54) is 0 Å². The summed E-state index contributed by atoms with van der Waals surface area (Å²) in [5.74, 6) is -0.334. The van der Waals surface area contributed by atoms with Gasteiger partial charge < -0.3 is 14.5 Å². The molecule has 0 bridgehead atoms. The fourth-order valence-electron chi connectivity index (χ4n) is 2.22. The Hall–Kier alpha value is -1.92. The lowest BCUT2D eigenvalue weighted by atomic mass is 9.98. The highest BCUT2D eigenvalue weighted by Crippen LogP contribution is 2.17. The van der Waals surface area contributed by atoms with E-state index in [9.17, 15) is 9.59 Å². The number of amides is 1.